The fourth-order valence-electron chi connectivity index (χ4n) is 3.74. The van der Waals surface area contributed by atoms with Gasteiger partial charge in [0.25, 0.3) is 0 Å². The number of hydrogen-bond acceptors (Lipinski definition) is 8. The molecule has 2 aliphatic rings. The van der Waals surface area contributed by atoms with Gasteiger partial charge in [-0.05, 0) is 57.4 Å². The van der Waals surface area contributed by atoms with Crippen molar-refractivity contribution in [3.63, 3.8) is 0 Å². The maximum atomic E-state index is 4.79. The third-order valence-electron chi connectivity index (χ3n) is 6.04. The predicted molar refractivity (Wildman–Crippen MR) is 125 cm³/mol. The molecule has 0 saturated carbocycles. The van der Waals surface area contributed by atoms with Gasteiger partial charge in [-0.15, -0.1) is 0 Å². The molecule has 0 aliphatic carbocycles. The monoisotopic (exact) mass is 422 g/mol. The highest BCUT2D eigenvalue weighted by Crippen LogP contribution is 2.28. The van der Waals surface area contributed by atoms with Gasteiger partial charge in [-0.3, -0.25) is 25.3 Å². The minimum atomic E-state index is 0.113. The molecule has 2 aromatic heterocycles. The fraction of sp³-hybridized carbons (Fsp3) is 0.478. The predicted octanol–water partition coefficient (Wildman–Crippen LogP) is 1.68. The molecule has 2 aromatic rings. The van der Waals surface area contributed by atoms with Crippen LogP contribution >= 0.6 is 0 Å². The third-order valence-corrected chi connectivity index (χ3v) is 6.04. The number of piperazine rings is 1. The number of pyridine rings is 2. The summed E-state index contributed by atoms with van der Waals surface area (Å²) in [5, 5.41) is 4.39. The van der Waals surface area contributed by atoms with E-state index in [-0.39, 0.29) is 6.17 Å². The van der Waals surface area contributed by atoms with Crippen molar-refractivity contribution in [3.8, 4) is 0 Å². The minimum absolute atomic E-state index is 0.113. The van der Waals surface area contributed by atoms with E-state index in [1.54, 1.807) is 0 Å². The van der Waals surface area contributed by atoms with E-state index in [2.05, 4.69) is 80.9 Å². The minimum Gasteiger partial charge on any atom is -0.304 e. The molecule has 0 spiro atoms. The van der Waals surface area contributed by atoms with E-state index in [0.717, 1.165) is 62.0 Å². The van der Waals surface area contributed by atoms with E-state index in [9.17, 15) is 0 Å². The van der Waals surface area contributed by atoms with Crippen molar-refractivity contribution in [3.05, 3.63) is 59.7 Å². The smallest absolute Gasteiger partial charge is 0.0990 e. The number of aromatic nitrogens is 2. The summed E-state index contributed by atoms with van der Waals surface area (Å²) < 4.78 is 0. The van der Waals surface area contributed by atoms with E-state index >= 15 is 0 Å². The topological polar surface area (TPSA) is 62.8 Å². The molecular weight excluding hydrogens is 388 g/mol. The molecule has 0 amide bonds. The number of likely N-dealkylation sites (N-methyl/N-ethyl adjacent to an activating group) is 2. The maximum Gasteiger partial charge on any atom is 0.0990 e. The highest BCUT2D eigenvalue weighted by molar-refractivity contribution is 5.79. The highest BCUT2D eigenvalue weighted by atomic mass is 15.6. The first-order chi connectivity index (χ1) is 15.0. The molecule has 2 N–H and O–H groups in total. The molecular formula is C23H34N8. The SMILES string of the molecule is CCN(C)C1C=C(c2ccc(CNN3CCN(C)CC3)cn2)N(c2ccc(C)nc2)N1. The van der Waals surface area contributed by atoms with Crippen molar-refractivity contribution in [1.82, 2.24) is 35.6 Å². The maximum absolute atomic E-state index is 4.79. The summed E-state index contributed by atoms with van der Waals surface area (Å²) in [5.74, 6) is 0. The Kier molecular flexibility index (Phi) is 6.94. The second-order valence-corrected chi connectivity index (χ2v) is 8.37. The second-order valence-electron chi connectivity index (χ2n) is 8.37. The molecule has 0 radical (unpaired) electrons. The van der Waals surface area contributed by atoms with Gasteiger partial charge in [-0.2, -0.15) is 0 Å². The van der Waals surface area contributed by atoms with Gasteiger partial charge < -0.3 is 4.90 Å². The number of rotatable bonds is 7. The van der Waals surface area contributed by atoms with Crippen LogP contribution in [0.4, 0.5) is 5.69 Å². The lowest BCUT2D eigenvalue weighted by atomic mass is 10.2. The molecule has 4 rings (SSSR count). The van der Waals surface area contributed by atoms with Crippen LogP contribution in [0.1, 0.15) is 23.9 Å². The standard InChI is InChI=1S/C23H34N8/c1-5-29(4)23-14-22(31(27-23)20-8-6-18(2)24-17-20)21-9-7-19(15-25-21)16-26-30-12-10-28(3)11-13-30/h6-9,14-15,17,23,26-27H,5,10-13,16H2,1-4H3. The fourth-order valence-corrected chi connectivity index (χ4v) is 3.74. The number of anilines is 1. The van der Waals surface area contributed by atoms with Crippen LogP contribution in [0.15, 0.2) is 42.7 Å². The Morgan fingerprint density at radius 2 is 1.90 bits per heavy atom. The van der Waals surface area contributed by atoms with Crippen LogP contribution in [0.3, 0.4) is 0 Å². The van der Waals surface area contributed by atoms with Crippen LogP contribution in [0.25, 0.3) is 5.70 Å². The Morgan fingerprint density at radius 3 is 2.55 bits per heavy atom. The first-order valence-electron chi connectivity index (χ1n) is 11.1. The van der Waals surface area contributed by atoms with E-state index in [1.807, 2.05) is 25.4 Å². The zero-order chi connectivity index (χ0) is 21.8. The molecule has 1 atom stereocenters. The summed E-state index contributed by atoms with van der Waals surface area (Å²) in [5.41, 5.74) is 12.3. The molecule has 31 heavy (non-hydrogen) atoms. The summed E-state index contributed by atoms with van der Waals surface area (Å²) in [7, 11) is 4.29. The van der Waals surface area contributed by atoms with Crippen molar-refractivity contribution in [1.29, 1.82) is 0 Å². The molecule has 4 heterocycles. The van der Waals surface area contributed by atoms with Crippen molar-refractivity contribution in [2.45, 2.75) is 26.6 Å². The van der Waals surface area contributed by atoms with E-state index < -0.39 is 0 Å². The van der Waals surface area contributed by atoms with Gasteiger partial charge in [0, 0.05) is 44.6 Å². The lowest BCUT2D eigenvalue weighted by Crippen LogP contribution is -2.50. The van der Waals surface area contributed by atoms with Gasteiger partial charge in [-0.25, -0.2) is 10.4 Å². The Balaban J connectivity index is 1.47. The second kappa shape index (κ2) is 9.84. The summed E-state index contributed by atoms with van der Waals surface area (Å²) in [6.45, 7) is 10.2. The Labute approximate surface area is 185 Å². The molecule has 1 unspecified atom stereocenters. The molecule has 8 heteroatoms. The first-order valence-corrected chi connectivity index (χ1v) is 11.1. The summed E-state index contributed by atoms with van der Waals surface area (Å²) in [4.78, 5) is 13.9. The van der Waals surface area contributed by atoms with Crippen LogP contribution in [-0.4, -0.2) is 77.8 Å². The number of nitrogens with zero attached hydrogens (tertiary/aromatic N) is 6. The molecule has 8 nitrogen and oxygen atoms in total. The van der Waals surface area contributed by atoms with Crippen molar-refractivity contribution in [2.75, 3.05) is 51.8 Å². The van der Waals surface area contributed by atoms with Gasteiger partial charge >= 0.3 is 0 Å². The Hall–Kier alpha value is -2.36. The van der Waals surface area contributed by atoms with Crippen LogP contribution < -0.4 is 15.9 Å². The number of hydrogen-bond donors (Lipinski definition) is 2. The zero-order valence-electron chi connectivity index (χ0n) is 19.0. The normalized spacial score (nSPS) is 20.5. The van der Waals surface area contributed by atoms with Crippen LogP contribution in [0.2, 0.25) is 0 Å². The summed E-state index contributed by atoms with van der Waals surface area (Å²) in [6.07, 6.45) is 6.22. The Morgan fingerprint density at radius 1 is 1.10 bits per heavy atom. The van der Waals surface area contributed by atoms with Gasteiger partial charge in [0.1, 0.15) is 0 Å². The highest BCUT2D eigenvalue weighted by Gasteiger charge is 2.28. The number of hydrazine groups is 2. The molecule has 2 aliphatic heterocycles. The van der Waals surface area contributed by atoms with Gasteiger partial charge in [0.15, 0.2) is 0 Å². The van der Waals surface area contributed by atoms with E-state index in [0.29, 0.717) is 0 Å². The zero-order valence-corrected chi connectivity index (χ0v) is 19.0. The quantitative estimate of drug-likeness (QED) is 0.699. The van der Waals surface area contributed by atoms with Crippen LogP contribution in [0.5, 0.6) is 0 Å². The van der Waals surface area contributed by atoms with Crippen molar-refractivity contribution < 1.29 is 0 Å². The van der Waals surface area contributed by atoms with Crippen molar-refractivity contribution in [2.24, 2.45) is 0 Å². The van der Waals surface area contributed by atoms with E-state index in [4.69, 9.17) is 4.98 Å². The lowest BCUT2D eigenvalue weighted by Gasteiger charge is -2.32. The van der Waals surface area contributed by atoms with Crippen LogP contribution in [0, 0.1) is 6.92 Å². The van der Waals surface area contributed by atoms with Crippen LogP contribution in [-0.2, 0) is 6.54 Å². The molecule has 1 fully saturated rings. The van der Waals surface area contributed by atoms with Gasteiger partial charge in [-0.1, -0.05) is 13.0 Å². The van der Waals surface area contributed by atoms with E-state index in [1.165, 1.54) is 5.56 Å². The largest absolute Gasteiger partial charge is 0.304 e. The van der Waals surface area contributed by atoms with Gasteiger partial charge in [0.05, 0.1) is 29.4 Å². The molecule has 1 saturated heterocycles. The third kappa shape index (κ3) is 5.28. The molecule has 166 valence electrons. The summed E-state index contributed by atoms with van der Waals surface area (Å²) >= 11 is 0. The number of aryl methyl sites for hydroxylation is 1. The Bertz CT molecular complexity index is 871. The first kappa shape index (κ1) is 21.9. The molecule has 0 aromatic carbocycles. The molecule has 0 bridgehead atoms. The van der Waals surface area contributed by atoms with Gasteiger partial charge in [0.2, 0.25) is 0 Å². The average molecular weight is 423 g/mol. The van der Waals surface area contributed by atoms with Crippen molar-refractivity contribution >= 4 is 11.4 Å². The lowest BCUT2D eigenvalue weighted by molar-refractivity contribution is 0.102. The average Bonchev–Trinajstić information content (AvgIpc) is 3.24. The summed E-state index contributed by atoms with van der Waals surface area (Å²) in [6, 6.07) is 8.39. The number of nitrogens with one attached hydrogen (secondary N) is 2.